The molecule has 94 valence electrons. The van der Waals surface area contributed by atoms with Crippen molar-refractivity contribution >= 4 is 11.8 Å². The van der Waals surface area contributed by atoms with Gasteiger partial charge >= 0.3 is 0 Å². The van der Waals surface area contributed by atoms with E-state index in [-0.39, 0.29) is 0 Å². The minimum absolute atomic E-state index is 0.487. The molecule has 0 radical (unpaired) electrons. The highest BCUT2D eigenvalue weighted by Gasteiger charge is 2.17. The van der Waals surface area contributed by atoms with Gasteiger partial charge in [0.1, 0.15) is 5.75 Å². The van der Waals surface area contributed by atoms with Crippen molar-refractivity contribution in [3.8, 4) is 5.75 Å². The number of hydrogen-bond acceptors (Lipinski definition) is 4. The molecule has 0 amide bonds. The number of nitrogens with one attached hydrogen (secondary N) is 1. The Hall–Kier alpha value is -0.710. The minimum Gasteiger partial charge on any atom is -0.497 e. The zero-order chi connectivity index (χ0) is 12.3. The summed E-state index contributed by atoms with van der Waals surface area (Å²) >= 11 is 1.91. The molecule has 1 aliphatic rings. The molecule has 1 aromatic rings. The Bertz CT molecular complexity index is 384. The summed E-state index contributed by atoms with van der Waals surface area (Å²) in [4.78, 5) is 3.70. The number of benzene rings is 1. The molecule has 1 atom stereocenters. The summed E-state index contributed by atoms with van der Waals surface area (Å²) < 4.78 is 5.22. The van der Waals surface area contributed by atoms with Crippen LogP contribution in [0.15, 0.2) is 23.1 Å². The number of hydrogen-bond donors (Lipinski definition) is 1. The maximum absolute atomic E-state index is 5.22. The summed E-state index contributed by atoms with van der Waals surface area (Å²) in [7, 11) is 3.88. The largest absolute Gasteiger partial charge is 0.497 e. The first kappa shape index (κ1) is 12.7. The molecule has 4 heteroatoms. The van der Waals surface area contributed by atoms with E-state index in [0.29, 0.717) is 5.37 Å². The van der Waals surface area contributed by atoms with Gasteiger partial charge in [0.05, 0.1) is 12.5 Å². The van der Waals surface area contributed by atoms with Crippen molar-refractivity contribution < 1.29 is 4.74 Å². The maximum atomic E-state index is 5.22. The number of aryl methyl sites for hydroxylation is 1. The molecule has 1 unspecified atom stereocenters. The summed E-state index contributed by atoms with van der Waals surface area (Å²) in [5.41, 5.74) is 1.28. The Morgan fingerprint density at radius 1 is 1.47 bits per heavy atom. The summed E-state index contributed by atoms with van der Waals surface area (Å²) in [5, 5.41) is 4.03. The normalized spacial score (nSPS) is 21.5. The molecule has 3 nitrogen and oxygen atoms in total. The summed E-state index contributed by atoms with van der Waals surface area (Å²) in [6, 6.07) is 6.27. The fourth-order valence-corrected chi connectivity index (χ4v) is 3.20. The number of ether oxygens (including phenoxy) is 1. The van der Waals surface area contributed by atoms with Crippen LogP contribution < -0.4 is 10.1 Å². The van der Waals surface area contributed by atoms with Crippen molar-refractivity contribution in [2.45, 2.75) is 17.2 Å². The van der Waals surface area contributed by atoms with Gasteiger partial charge in [-0.1, -0.05) is 0 Å². The second kappa shape index (κ2) is 5.76. The Morgan fingerprint density at radius 2 is 2.29 bits per heavy atom. The van der Waals surface area contributed by atoms with Crippen molar-refractivity contribution in [3.63, 3.8) is 0 Å². The molecule has 1 saturated heterocycles. The van der Waals surface area contributed by atoms with Crippen LogP contribution in [0.3, 0.4) is 0 Å². The summed E-state index contributed by atoms with van der Waals surface area (Å²) in [5.74, 6) is 0.931. The van der Waals surface area contributed by atoms with Crippen molar-refractivity contribution in [2.24, 2.45) is 0 Å². The monoisotopic (exact) mass is 252 g/mol. The quantitative estimate of drug-likeness (QED) is 0.889. The third-order valence-corrected chi connectivity index (χ3v) is 4.31. The van der Waals surface area contributed by atoms with Gasteiger partial charge in [-0.3, -0.25) is 0 Å². The van der Waals surface area contributed by atoms with Crippen LogP contribution in [0.1, 0.15) is 5.56 Å². The SMILES string of the molecule is COc1ccc(SC2CN(C)CCN2)c(C)c1. The molecule has 0 spiro atoms. The van der Waals surface area contributed by atoms with E-state index in [1.54, 1.807) is 7.11 Å². The van der Waals surface area contributed by atoms with Crippen LogP contribution in [0, 0.1) is 6.92 Å². The molecule has 1 heterocycles. The molecule has 0 aliphatic carbocycles. The van der Waals surface area contributed by atoms with E-state index in [0.717, 1.165) is 25.4 Å². The number of nitrogens with zero attached hydrogens (tertiary/aromatic N) is 1. The van der Waals surface area contributed by atoms with Gasteiger partial charge in [0, 0.05) is 24.5 Å². The molecule has 1 aliphatic heterocycles. The van der Waals surface area contributed by atoms with Crippen molar-refractivity contribution in [3.05, 3.63) is 23.8 Å². The van der Waals surface area contributed by atoms with Crippen LogP contribution in [0.25, 0.3) is 0 Å². The molecular weight excluding hydrogens is 232 g/mol. The highest BCUT2D eigenvalue weighted by Crippen LogP contribution is 2.29. The second-order valence-electron chi connectivity index (χ2n) is 4.45. The third-order valence-electron chi connectivity index (χ3n) is 2.99. The number of thioether (sulfide) groups is 1. The number of methoxy groups -OCH3 is 1. The zero-order valence-electron chi connectivity index (χ0n) is 10.7. The lowest BCUT2D eigenvalue weighted by molar-refractivity contribution is 0.278. The van der Waals surface area contributed by atoms with Gasteiger partial charge in [-0.2, -0.15) is 0 Å². The minimum atomic E-state index is 0.487. The fraction of sp³-hybridized carbons (Fsp3) is 0.538. The van der Waals surface area contributed by atoms with Gasteiger partial charge in [-0.25, -0.2) is 0 Å². The summed E-state index contributed by atoms with van der Waals surface area (Å²) in [6.45, 7) is 5.44. The van der Waals surface area contributed by atoms with E-state index in [9.17, 15) is 0 Å². The van der Waals surface area contributed by atoms with Gasteiger partial charge in [0.25, 0.3) is 0 Å². The van der Waals surface area contributed by atoms with E-state index in [1.165, 1.54) is 10.5 Å². The van der Waals surface area contributed by atoms with E-state index >= 15 is 0 Å². The number of piperazine rings is 1. The smallest absolute Gasteiger partial charge is 0.119 e. The van der Waals surface area contributed by atoms with E-state index in [1.807, 2.05) is 17.8 Å². The topological polar surface area (TPSA) is 24.5 Å². The Labute approximate surface area is 108 Å². The van der Waals surface area contributed by atoms with Crippen LogP contribution in [-0.2, 0) is 0 Å². The van der Waals surface area contributed by atoms with Gasteiger partial charge in [-0.05, 0) is 37.7 Å². The van der Waals surface area contributed by atoms with E-state index in [4.69, 9.17) is 4.74 Å². The van der Waals surface area contributed by atoms with Gasteiger partial charge in [0.15, 0.2) is 0 Å². The van der Waals surface area contributed by atoms with E-state index < -0.39 is 0 Å². The van der Waals surface area contributed by atoms with Crippen LogP contribution in [0.5, 0.6) is 5.75 Å². The van der Waals surface area contributed by atoms with Crippen LogP contribution in [0.2, 0.25) is 0 Å². The van der Waals surface area contributed by atoms with Crippen LogP contribution in [-0.4, -0.2) is 44.1 Å². The van der Waals surface area contributed by atoms with Crippen molar-refractivity contribution in [1.29, 1.82) is 0 Å². The lowest BCUT2D eigenvalue weighted by Gasteiger charge is -2.30. The first-order valence-corrected chi connectivity index (χ1v) is 6.80. The molecular formula is C13H20N2OS. The molecule has 0 bridgehead atoms. The molecule has 17 heavy (non-hydrogen) atoms. The molecule has 2 rings (SSSR count). The number of rotatable bonds is 3. The average Bonchev–Trinajstić information content (AvgIpc) is 2.32. The van der Waals surface area contributed by atoms with Crippen LogP contribution >= 0.6 is 11.8 Å². The number of likely N-dealkylation sites (N-methyl/N-ethyl adjacent to an activating group) is 1. The Balaban J connectivity index is 2.02. The maximum Gasteiger partial charge on any atom is 0.119 e. The van der Waals surface area contributed by atoms with E-state index in [2.05, 4.69) is 36.3 Å². The molecule has 0 aromatic heterocycles. The predicted molar refractivity (Wildman–Crippen MR) is 72.9 cm³/mol. The summed E-state index contributed by atoms with van der Waals surface area (Å²) in [6.07, 6.45) is 0. The second-order valence-corrected chi connectivity index (χ2v) is 5.70. The highest BCUT2D eigenvalue weighted by atomic mass is 32.2. The molecule has 1 aromatic carbocycles. The zero-order valence-corrected chi connectivity index (χ0v) is 11.5. The lowest BCUT2D eigenvalue weighted by Crippen LogP contribution is -2.47. The molecule has 1 N–H and O–H groups in total. The standard InChI is InChI=1S/C13H20N2OS/c1-10-8-11(16-3)4-5-12(10)17-13-9-15(2)7-6-14-13/h4-5,8,13-14H,6-7,9H2,1-3H3. The first-order chi connectivity index (χ1) is 8.19. The van der Waals surface area contributed by atoms with Gasteiger partial charge < -0.3 is 15.0 Å². The highest BCUT2D eigenvalue weighted by molar-refractivity contribution is 8.00. The van der Waals surface area contributed by atoms with Crippen molar-refractivity contribution in [2.75, 3.05) is 33.8 Å². The lowest BCUT2D eigenvalue weighted by atomic mass is 10.2. The van der Waals surface area contributed by atoms with Gasteiger partial charge in [0.2, 0.25) is 0 Å². The van der Waals surface area contributed by atoms with Crippen LogP contribution in [0.4, 0.5) is 0 Å². The Kier molecular flexibility index (Phi) is 4.31. The van der Waals surface area contributed by atoms with Gasteiger partial charge in [-0.15, -0.1) is 11.8 Å². The predicted octanol–water partition coefficient (Wildman–Crippen LogP) is 1.96. The third kappa shape index (κ3) is 3.37. The first-order valence-electron chi connectivity index (χ1n) is 5.92. The Morgan fingerprint density at radius 3 is 2.94 bits per heavy atom. The fourth-order valence-electron chi connectivity index (χ4n) is 1.97. The average molecular weight is 252 g/mol. The molecule has 0 saturated carbocycles. The van der Waals surface area contributed by atoms with Crippen molar-refractivity contribution in [1.82, 2.24) is 10.2 Å². The molecule has 1 fully saturated rings.